The molecule has 0 saturated heterocycles. The van der Waals surface area contributed by atoms with Crippen molar-refractivity contribution in [3.8, 4) is 0 Å². The van der Waals surface area contributed by atoms with Gasteiger partial charge in [0.1, 0.15) is 16.7 Å². The number of ketones is 1. The van der Waals surface area contributed by atoms with Crippen molar-refractivity contribution in [3.63, 3.8) is 0 Å². The first-order valence-electron chi connectivity index (χ1n) is 7.78. The average Bonchev–Trinajstić information content (AvgIpc) is 2.61. The van der Waals surface area contributed by atoms with Gasteiger partial charge in [-0.15, -0.1) is 0 Å². The van der Waals surface area contributed by atoms with Gasteiger partial charge in [-0.1, -0.05) is 17.7 Å². The van der Waals surface area contributed by atoms with Crippen molar-refractivity contribution in [1.29, 1.82) is 0 Å². The predicted molar refractivity (Wildman–Crippen MR) is 91.3 cm³/mol. The third kappa shape index (κ3) is 3.59. The van der Waals surface area contributed by atoms with Crippen molar-refractivity contribution < 1.29 is 22.7 Å². The molecule has 0 fully saturated rings. The van der Waals surface area contributed by atoms with Crippen molar-refractivity contribution in [2.24, 2.45) is 10.7 Å². The fourth-order valence-corrected chi connectivity index (χ4v) is 2.78. The smallest absolute Gasteiger partial charge is 0.310 e. The fourth-order valence-electron chi connectivity index (χ4n) is 2.68. The maximum absolute atomic E-state index is 14.4. The molecule has 1 atom stereocenters. The molecule has 0 amide bonds. The van der Waals surface area contributed by atoms with E-state index in [2.05, 4.69) is 19.7 Å². The molecule has 0 aliphatic carbocycles. The molecule has 1 aromatic heterocycles. The number of halogens is 4. The number of hydrogen-bond acceptors (Lipinski definition) is 6. The molecule has 0 spiro atoms. The van der Waals surface area contributed by atoms with Crippen molar-refractivity contribution in [1.82, 2.24) is 9.97 Å². The molecule has 2 N–H and O–H groups in total. The van der Waals surface area contributed by atoms with Crippen LogP contribution in [0.2, 0.25) is 5.15 Å². The Kier molecular flexibility index (Phi) is 4.81. The summed E-state index contributed by atoms with van der Waals surface area (Å²) in [6.45, 7) is 0.0405. The molecule has 10 heteroatoms. The number of rotatable bonds is 4. The van der Waals surface area contributed by atoms with Gasteiger partial charge in [-0.25, -0.2) is 19.4 Å². The van der Waals surface area contributed by atoms with E-state index in [-0.39, 0.29) is 22.8 Å². The summed E-state index contributed by atoms with van der Waals surface area (Å²) in [6.07, 6.45) is 2.22. The van der Waals surface area contributed by atoms with Gasteiger partial charge < -0.3 is 10.5 Å². The van der Waals surface area contributed by atoms with Crippen molar-refractivity contribution in [2.75, 3.05) is 6.61 Å². The van der Waals surface area contributed by atoms with Crippen molar-refractivity contribution in [2.45, 2.75) is 24.8 Å². The quantitative estimate of drug-likeness (QED) is 0.800. The molecule has 3 rings (SSSR count). The van der Waals surface area contributed by atoms with E-state index in [9.17, 15) is 18.0 Å². The summed E-state index contributed by atoms with van der Waals surface area (Å²) in [7, 11) is 0. The SMILES string of the molecule is C[C@]1(c2cc(CC(=O)c3cnc(Cl)cn3)ccc2F)N=C(N)OCC1(F)F. The molecule has 6 nitrogen and oxygen atoms in total. The lowest BCUT2D eigenvalue weighted by Crippen LogP contribution is -2.51. The standard InChI is InChI=1S/C17H14ClF3N4O2/c1-16(17(20,21)8-27-15(22)25-16)10-4-9(2-3-11(10)19)5-13(26)12-6-24-14(18)7-23-12/h2-4,6-7H,5,8H2,1H3,(H2,22,25)/t16-/m1/s1. The number of hydrogen-bond donors (Lipinski definition) is 1. The Morgan fingerprint density at radius 1 is 1.33 bits per heavy atom. The predicted octanol–water partition coefficient (Wildman–Crippen LogP) is 2.89. The first kappa shape index (κ1) is 19.1. The second-order valence-electron chi connectivity index (χ2n) is 6.15. The minimum atomic E-state index is -3.50. The number of carbonyl (C=O) groups is 1. The molecule has 1 aliphatic rings. The highest BCUT2D eigenvalue weighted by Gasteiger charge is 2.56. The number of amidine groups is 1. The maximum Gasteiger partial charge on any atom is 0.310 e. The third-order valence-corrected chi connectivity index (χ3v) is 4.47. The normalized spacial score (nSPS) is 21.3. The van der Waals surface area contributed by atoms with Gasteiger partial charge in [0.05, 0.1) is 12.4 Å². The zero-order chi connectivity index (χ0) is 19.8. The Morgan fingerprint density at radius 2 is 2.07 bits per heavy atom. The van der Waals surface area contributed by atoms with E-state index < -0.39 is 35.7 Å². The minimum Gasteiger partial charge on any atom is -0.459 e. The van der Waals surface area contributed by atoms with Gasteiger partial charge in [0.15, 0.2) is 17.9 Å². The molecule has 0 radical (unpaired) electrons. The van der Waals surface area contributed by atoms with Gasteiger partial charge in [0.2, 0.25) is 0 Å². The van der Waals surface area contributed by atoms with E-state index in [1.165, 1.54) is 24.5 Å². The number of benzene rings is 1. The largest absolute Gasteiger partial charge is 0.459 e. The highest BCUT2D eigenvalue weighted by Crippen LogP contribution is 2.44. The van der Waals surface area contributed by atoms with Gasteiger partial charge in [0.25, 0.3) is 6.02 Å². The first-order chi connectivity index (χ1) is 12.6. The Balaban J connectivity index is 1.96. The van der Waals surface area contributed by atoms with Crippen LogP contribution in [0, 0.1) is 5.82 Å². The van der Waals surface area contributed by atoms with E-state index >= 15 is 0 Å². The lowest BCUT2D eigenvalue weighted by molar-refractivity contribution is -0.117. The van der Waals surface area contributed by atoms with Crippen LogP contribution in [0.3, 0.4) is 0 Å². The molecule has 1 aliphatic heterocycles. The van der Waals surface area contributed by atoms with E-state index in [4.69, 9.17) is 17.3 Å². The van der Waals surface area contributed by atoms with Gasteiger partial charge in [-0.2, -0.15) is 8.78 Å². The van der Waals surface area contributed by atoms with Crippen LogP contribution in [0.1, 0.15) is 28.5 Å². The summed E-state index contributed by atoms with van der Waals surface area (Å²) in [5.74, 6) is -4.82. The number of ether oxygens (including phenoxy) is 1. The van der Waals surface area contributed by atoms with Crippen LogP contribution in [-0.4, -0.2) is 34.3 Å². The summed E-state index contributed by atoms with van der Waals surface area (Å²) in [5, 5.41) is 0.126. The lowest BCUT2D eigenvalue weighted by Gasteiger charge is -2.37. The van der Waals surface area contributed by atoms with Crippen LogP contribution in [0.5, 0.6) is 0 Å². The molecule has 0 saturated carbocycles. The molecule has 2 heterocycles. The first-order valence-corrected chi connectivity index (χ1v) is 8.16. The minimum absolute atomic E-state index is 0.0511. The van der Waals surface area contributed by atoms with Crippen molar-refractivity contribution in [3.05, 3.63) is 58.4 Å². The molecule has 142 valence electrons. The van der Waals surface area contributed by atoms with Crippen LogP contribution >= 0.6 is 11.6 Å². The molecule has 0 unspecified atom stereocenters. The van der Waals surface area contributed by atoms with Crippen molar-refractivity contribution >= 4 is 23.4 Å². The number of Topliss-reactive ketones (excluding diaryl/α,β-unsaturated/α-hetero) is 1. The number of nitrogens with zero attached hydrogens (tertiary/aromatic N) is 3. The number of nitrogens with two attached hydrogens (primary N) is 1. The molecule has 0 bridgehead atoms. The highest BCUT2D eigenvalue weighted by atomic mass is 35.5. The second-order valence-corrected chi connectivity index (χ2v) is 6.54. The van der Waals surface area contributed by atoms with Crippen LogP contribution < -0.4 is 5.73 Å². The Labute approximate surface area is 157 Å². The summed E-state index contributed by atoms with van der Waals surface area (Å²) in [6, 6.07) is 3.05. The van der Waals surface area contributed by atoms with E-state index in [0.717, 1.165) is 13.0 Å². The molecule has 27 heavy (non-hydrogen) atoms. The van der Waals surface area contributed by atoms with Crippen LogP contribution in [-0.2, 0) is 16.7 Å². The third-order valence-electron chi connectivity index (χ3n) is 4.27. The summed E-state index contributed by atoms with van der Waals surface area (Å²) in [5.41, 5.74) is 3.13. The number of carbonyl (C=O) groups excluding carboxylic acids is 1. The Bertz CT molecular complexity index is 921. The summed E-state index contributed by atoms with van der Waals surface area (Å²) >= 11 is 5.62. The zero-order valence-electron chi connectivity index (χ0n) is 14.0. The summed E-state index contributed by atoms with van der Waals surface area (Å²) < 4.78 is 47.8. The number of aromatic nitrogens is 2. The van der Waals surface area contributed by atoms with Gasteiger partial charge in [0, 0.05) is 12.0 Å². The number of alkyl halides is 2. The lowest BCUT2D eigenvalue weighted by atomic mass is 9.84. The van der Waals surface area contributed by atoms with E-state index in [0.29, 0.717) is 5.56 Å². The molecular formula is C17H14ClF3N4O2. The second kappa shape index (κ2) is 6.80. The van der Waals surface area contributed by atoms with Gasteiger partial charge in [-0.05, 0) is 24.6 Å². The zero-order valence-corrected chi connectivity index (χ0v) is 14.8. The summed E-state index contributed by atoms with van der Waals surface area (Å²) in [4.78, 5) is 23.6. The van der Waals surface area contributed by atoms with Gasteiger partial charge in [-0.3, -0.25) is 4.79 Å². The van der Waals surface area contributed by atoms with Crippen LogP contribution in [0.4, 0.5) is 13.2 Å². The average molecular weight is 399 g/mol. The Hall–Kier alpha value is -2.68. The van der Waals surface area contributed by atoms with Gasteiger partial charge >= 0.3 is 5.92 Å². The van der Waals surface area contributed by atoms with E-state index in [1.807, 2.05) is 0 Å². The molecule has 2 aromatic rings. The molecular weight excluding hydrogens is 385 g/mol. The highest BCUT2D eigenvalue weighted by molar-refractivity contribution is 6.29. The monoisotopic (exact) mass is 398 g/mol. The topological polar surface area (TPSA) is 90.5 Å². The molecule has 1 aromatic carbocycles. The van der Waals surface area contributed by atoms with Crippen LogP contribution in [0.15, 0.2) is 35.6 Å². The van der Waals surface area contributed by atoms with E-state index in [1.54, 1.807) is 0 Å². The number of aliphatic imine (C=N–C) groups is 1. The Morgan fingerprint density at radius 3 is 2.74 bits per heavy atom. The maximum atomic E-state index is 14.4. The van der Waals surface area contributed by atoms with Crippen LogP contribution in [0.25, 0.3) is 0 Å². The fraction of sp³-hybridized carbons (Fsp3) is 0.294.